The highest BCUT2D eigenvalue weighted by Gasteiger charge is 2.10. The third-order valence-corrected chi connectivity index (χ3v) is 5.71. The van der Waals surface area contributed by atoms with Gasteiger partial charge in [-0.2, -0.15) is 0 Å². The quantitative estimate of drug-likeness (QED) is 0.224. The Morgan fingerprint density at radius 2 is 1.48 bits per heavy atom. The summed E-state index contributed by atoms with van der Waals surface area (Å²) in [6.45, 7) is 7.67. The summed E-state index contributed by atoms with van der Waals surface area (Å²) in [6, 6.07) is 20.1. The molecule has 0 N–H and O–H groups in total. The molecule has 31 heavy (non-hydrogen) atoms. The van der Waals surface area contributed by atoms with E-state index in [0.717, 1.165) is 52.8 Å². The van der Waals surface area contributed by atoms with Crippen molar-refractivity contribution in [3.63, 3.8) is 0 Å². The Morgan fingerprint density at radius 3 is 2.10 bits per heavy atom. The lowest BCUT2D eigenvalue weighted by atomic mass is 9.97. The highest BCUT2D eigenvalue weighted by atomic mass is 16.5. The molecule has 0 saturated heterocycles. The largest absolute Gasteiger partial charge is 0.494 e. The van der Waals surface area contributed by atoms with E-state index in [0.29, 0.717) is 18.9 Å². The monoisotopic (exact) mass is 418 g/mol. The van der Waals surface area contributed by atoms with E-state index in [9.17, 15) is 4.79 Å². The molecule has 0 heterocycles. The molecule has 0 aliphatic rings. The van der Waals surface area contributed by atoms with Crippen LogP contribution in [0.5, 0.6) is 11.5 Å². The topological polar surface area (TPSA) is 35.5 Å². The minimum absolute atomic E-state index is 0.213. The molecule has 0 fully saturated rings. The fourth-order valence-corrected chi connectivity index (χ4v) is 3.46. The molecule has 1 atom stereocenters. The van der Waals surface area contributed by atoms with Gasteiger partial charge in [0.25, 0.3) is 0 Å². The van der Waals surface area contributed by atoms with Gasteiger partial charge in [0.05, 0.1) is 6.61 Å². The zero-order valence-electron chi connectivity index (χ0n) is 19.0. The van der Waals surface area contributed by atoms with E-state index in [1.807, 2.05) is 36.4 Å². The van der Waals surface area contributed by atoms with Crippen LogP contribution in [0.4, 0.5) is 0 Å². The molecular formula is C28H34O3. The van der Waals surface area contributed by atoms with Gasteiger partial charge in [-0.3, -0.25) is 4.79 Å². The Kier molecular flexibility index (Phi) is 8.52. The zero-order valence-corrected chi connectivity index (χ0v) is 19.0. The van der Waals surface area contributed by atoms with Crippen LogP contribution < -0.4 is 9.47 Å². The fraction of sp³-hybridized carbons (Fsp3) is 0.393. The molecule has 0 spiro atoms. The Labute approximate surface area is 186 Å². The normalized spacial score (nSPS) is 12.0. The summed E-state index contributed by atoms with van der Waals surface area (Å²) in [5.74, 6) is 2.39. The zero-order chi connectivity index (χ0) is 22.1. The second-order valence-corrected chi connectivity index (χ2v) is 8.35. The summed E-state index contributed by atoms with van der Waals surface area (Å²) >= 11 is 0. The Bertz CT molecular complexity index is 975. The van der Waals surface area contributed by atoms with E-state index < -0.39 is 0 Å². The Hall–Kier alpha value is -2.81. The van der Waals surface area contributed by atoms with Crippen molar-refractivity contribution in [3.8, 4) is 11.5 Å². The number of carbonyl (C=O) groups is 1. The van der Waals surface area contributed by atoms with Crippen molar-refractivity contribution in [2.24, 2.45) is 5.92 Å². The van der Waals surface area contributed by atoms with Crippen LogP contribution in [0.1, 0.15) is 68.8 Å². The summed E-state index contributed by atoms with van der Waals surface area (Å²) in [7, 11) is 0. The molecule has 3 rings (SSSR count). The molecular weight excluding hydrogens is 384 g/mol. The highest BCUT2D eigenvalue weighted by molar-refractivity contribution is 5.96. The van der Waals surface area contributed by atoms with Gasteiger partial charge in [-0.05, 0) is 52.9 Å². The number of ketones is 1. The molecule has 0 bridgehead atoms. The number of carbonyl (C=O) groups excluding carboxylic acids is 1. The van der Waals surface area contributed by atoms with E-state index in [4.69, 9.17) is 9.47 Å². The van der Waals surface area contributed by atoms with Crippen molar-refractivity contribution in [2.75, 3.05) is 6.61 Å². The number of ether oxygens (including phenoxy) is 2. The second kappa shape index (κ2) is 11.5. The summed E-state index contributed by atoms with van der Waals surface area (Å²) in [4.78, 5) is 12.3. The van der Waals surface area contributed by atoms with Crippen LogP contribution in [0, 0.1) is 5.92 Å². The van der Waals surface area contributed by atoms with Crippen molar-refractivity contribution >= 4 is 16.6 Å². The first kappa shape index (κ1) is 22.9. The minimum atomic E-state index is 0.213. The SMILES string of the molecule is CCCCCOc1ccc2cc(OCc3ccc(C(=O)C[C@H](C)CC)cc3)ccc2c1. The predicted molar refractivity (Wildman–Crippen MR) is 128 cm³/mol. The lowest BCUT2D eigenvalue weighted by Gasteiger charge is -2.10. The van der Waals surface area contributed by atoms with Gasteiger partial charge in [-0.15, -0.1) is 0 Å². The number of rotatable bonds is 12. The van der Waals surface area contributed by atoms with Gasteiger partial charge < -0.3 is 9.47 Å². The molecule has 3 heteroatoms. The third-order valence-electron chi connectivity index (χ3n) is 5.71. The molecule has 0 amide bonds. The number of Topliss-reactive ketones (excluding diaryl/α,β-unsaturated/α-hetero) is 1. The van der Waals surface area contributed by atoms with Gasteiger partial charge in [-0.1, -0.05) is 76.4 Å². The third kappa shape index (κ3) is 6.85. The molecule has 3 aromatic rings. The standard InChI is InChI=1S/C28H34O3/c1-4-6-7-16-30-26-14-12-25-19-27(15-13-24(25)18-26)31-20-22-8-10-23(11-9-22)28(29)17-21(3)5-2/h8-15,18-19,21H,4-7,16-17,20H2,1-3H3/t21-/m1/s1. The fourth-order valence-electron chi connectivity index (χ4n) is 3.46. The minimum Gasteiger partial charge on any atom is -0.494 e. The van der Waals surface area contributed by atoms with Gasteiger partial charge in [0.1, 0.15) is 18.1 Å². The number of hydrogen-bond acceptors (Lipinski definition) is 3. The van der Waals surface area contributed by atoms with Crippen LogP contribution in [0.3, 0.4) is 0 Å². The smallest absolute Gasteiger partial charge is 0.163 e. The molecule has 0 radical (unpaired) electrons. The average Bonchev–Trinajstić information content (AvgIpc) is 2.80. The van der Waals surface area contributed by atoms with Gasteiger partial charge in [-0.25, -0.2) is 0 Å². The molecule has 0 aromatic heterocycles. The van der Waals surface area contributed by atoms with Crippen molar-refractivity contribution in [1.29, 1.82) is 0 Å². The van der Waals surface area contributed by atoms with Gasteiger partial charge in [0.2, 0.25) is 0 Å². The number of fused-ring (bicyclic) bond motifs is 1. The van der Waals surface area contributed by atoms with E-state index in [1.54, 1.807) is 0 Å². The maximum Gasteiger partial charge on any atom is 0.163 e. The highest BCUT2D eigenvalue weighted by Crippen LogP contribution is 2.26. The molecule has 164 valence electrons. The first-order valence-corrected chi connectivity index (χ1v) is 11.5. The average molecular weight is 419 g/mol. The van der Waals surface area contributed by atoms with Crippen molar-refractivity contribution in [1.82, 2.24) is 0 Å². The second-order valence-electron chi connectivity index (χ2n) is 8.35. The van der Waals surface area contributed by atoms with Crippen molar-refractivity contribution < 1.29 is 14.3 Å². The van der Waals surface area contributed by atoms with E-state index >= 15 is 0 Å². The first-order chi connectivity index (χ1) is 15.1. The van der Waals surface area contributed by atoms with Crippen LogP contribution >= 0.6 is 0 Å². The molecule has 0 unspecified atom stereocenters. The van der Waals surface area contributed by atoms with Crippen LogP contribution in [0.15, 0.2) is 60.7 Å². The number of unbranched alkanes of at least 4 members (excludes halogenated alkanes) is 2. The molecule has 0 saturated carbocycles. The molecule has 3 nitrogen and oxygen atoms in total. The van der Waals surface area contributed by atoms with Crippen LogP contribution in [-0.4, -0.2) is 12.4 Å². The van der Waals surface area contributed by atoms with Gasteiger partial charge in [0, 0.05) is 12.0 Å². The van der Waals surface area contributed by atoms with Crippen molar-refractivity contribution in [2.45, 2.75) is 59.5 Å². The lowest BCUT2D eigenvalue weighted by Crippen LogP contribution is -2.05. The van der Waals surface area contributed by atoms with E-state index in [2.05, 4.69) is 45.0 Å². The summed E-state index contributed by atoms with van der Waals surface area (Å²) in [5, 5.41) is 2.27. The van der Waals surface area contributed by atoms with Crippen LogP contribution in [0.25, 0.3) is 10.8 Å². The maximum atomic E-state index is 12.3. The molecule has 3 aromatic carbocycles. The summed E-state index contributed by atoms with van der Waals surface area (Å²) < 4.78 is 11.8. The summed E-state index contributed by atoms with van der Waals surface area (Å²) in [5.41, 5.74) is 1.83. The van der Waals surface area contributed by atoms with Crippen LogP contribution in [-0.2, 0) is 6.61 Å². The van der Waals surface area contributed by atoms with Crippen LogP contribution in [0.2, 0.25) is 0 Å². The van der Waals surface area contributed by atoms with E-state index in [1.165, 1.54) is 12.8 Å². The number of benzene rings is 3. The maximum absolute atomic E-state index is 12.3. The first-order valence-electron chi connectivity index (χ1n) is 11.5. The van der Waals surface area contributed by atoms with Gasteiger partial charge in [0.15, 0.2) is 5.78 Å². The molecule has 0 aliphatic heterocycles. The van der Waals surface area contributed by atoms with Crippen molar-refractivity contribution in [3.05, 3.63) is 71.8 Å². The predicted octanol–water partition coefficient (Wildman–Crippen LogP) is 7.61. The number of hydrogen-bond donors (Lipinski definition) is 0. The molecule has 0 aliphatic carbocycles. The summed E-state index contributed by atoms with van der Waals surface area (Å²) in [6.07, 6.45) is 5.12. The van der Waals surface area contributed by atoms with Gasteiger partial charge >= 0.3 is 0 Å². The Morgan fingerprint density at radius 1 is 0.839 bits per heavy atom. The Balaban J connectivity index is 1.56. The van der Waals surface area contributed by atoms with E-state index in [-0.39, 0.29) is 5.78 Å². The lowest BCUT2D eigenvalue weighted by molar-refractivity contribution is 0.0963.